The first-order chi connectivity index (χ1) is 8.75. The standard InChI is InChI=1S/C12H20N4.C2H6.H2/c1-10(2)16-8-4-11(5-9-16)15-12-13-6-3-7-14-12;1-2;/h3,6-7,10-11H,4-5,8-9H2,1-2H3,(H,13,14,15);1-2H3;1H. The van der Waals surface area contributed by atoms with Crippen LogP contribution >= 0.6 is 0 Å². The number of hydrogen-bond donors (Lipinski definition) is 1. The average molecular weight is 252 g/mol. The first-order valence-corrected chi connectivity index (χ1v) is 7.03. The average Bonchev–Trinajstić information content (AvgIpc) is 2.43. The van der Waals surface area contributed by atoms with Crippen molar-refractivity contribution in [3.05, 3.63) is 18.5 Å². The highest BCUT2D eigenvalue weighted by atomic mass is 15.2. The summed E-state index contributed by atoms with van der Waals surface area (Å²) < 4.78 is 0. The van der Waals surface area contributed by atoms with Crippen LogP contribution in [-0.4, -0.2) is 40.0 Å². The molecular weight excluding hydrogens is 224 g/mol. The molecule has 0 aromatic carbocycles. The molecule has 1 fully saturated rings. The predicted octanol–water partition coefficient (Wildman–Crippen LogP) is 3.03. The van der Waals surface area contributed by atoms with Crippen molar-refractivity contribution in [1.82, 2.24) is 14.9 Å². The van der Waals surface area contributed by atoms with E-state index < -0.39 is 0 Å². The van der Waals surface area contributed by atoms with Gasteiger partial charge in [-0.05, 0) is 32.8 Å². The van der Waals surface area contributed by atoms with Gasteiger partial charge in [-0.25, -0.2) is 9.97 Å². The predicted molar refractivity (Wildman–Crippen MR) is 78.8 cm³/mol. The zero-order valence-electron chi connectivity index (χ0n) is 12.1. The van der Waals surface area contributed by atoms with Crippen LogP contribution in [0.3, 0.4) is 0 Å². The van der Waals surface area contributed by atoms with Gasteiger partial charge in [0.25, 0.3) is 0 Å². The summed E-state index contributed by atoms with van der Waals surface area (Å²) in [7, 11) is 0. The number of piperidine rings is 1. The lowest BCUT2D eigenvalue weighted by Gasteiger charge is -2.34. The summed E-state index contributed by atoms with van der Waals surface area (Å²) in [6.07, 6.45) is 5.91. The SMILES string of the molecule is CC.CC(C)N1CCC(Nc2ncccn2)CC1.[HH]. The van der Waals surface area contributed by atoms with Crippen molar-refractivity contribution in [2.45, 2.75) is 52.6 Å². The quantitative estimate of drug-likeness (QED) is 0.897. The Morgan fingerprint density at radius 3 is 2.28 bits per heavy atom. The molecule has 18 heavy (non-hydrogen) atoms. The van der Waals surface area contributed by atoms with Crippen molar-refractivity contribution in [3.8, 4) is 0 Å². The fraction of sp³-hybridized carbons (Fsp3) is 0.714. The smallest absolute Gasteiger partial charge is 0.222 e. The molecule has 0 radical (unpaired) electrons. The Hall–Kier alpha value is -1.16. The summed E-state index contributed by atoms with van der Waals surface area (Å²) in [6, 6.07) is 3.03. The lowest BCUT2D eigenvalue weighted by molar-refractivity contribution is 0.177. The van der Waals surface area contributed by atoms with E-state index in [4.69, 9.17) is 0 Å². The fourth-order valence-electron chi connectivity index (χ4n) is 2.12. The number of aromatic nitrogens is 2. The van der Waals surface area contributed by atoms with Gasteiger partial charge in [0.15, 0.2) is 0 Å². The van der Waals surface area contributed by atoms with Crippen LogP contribution in [0.2, 0.25) is 0 Å². The van der Waals surface area contributed by atoms with E-state index in [-0.39, 0.29) is 1.43 Å². The van der Waals surface area contributed by atoms with Crippen LogP contribution in [-0.2, 0) is 0 Å². The summed E-state index contributed by atoms with van der Waals surface area (Å²) in [5.74, 6) is 0.755. The van der Waals surface area contributed by atoms with E-state index in [1.807, 2.05) is 19.9 Å². The number of likely N-dealkylation sites (tertiary alicyclic amines) is 1. The van der Waals surface area contributed by atoms with E-state index in [1.54, 1.807) is 12.4 Å². The van der Waals surface area contributed by atoms with Gasteiger partial charge in [-0.3, -0.25) is 0 Å². The van der Waals surface area contributed by atoms with Crippen LogP contribution in [0.1, 0.15) is 42.0 Å². The maximum atomic E-state index is 4.19. The van der Waals surface area contributed by atoms with Crippen LogP contribution < -0.4 is 5.32 Å². The number of nitrogens with zero attached hydrogens (tertiary/aromatic N) is 3. The van der Waals surface area contributed by atoms with Gasteiger partial charge in [-0.1, -0.05) is 13.8 Å². The Bertz CT molecular complexity index is 310. The van der Waals surface area contributed by atoms with E-state index in [0.29, 0.717) is 12.1 Å². The number of nitrogens with one attached hydrogen (secondary N) is 1. The van der Waals surface area contributed by atoms with Crippen LogP contribution in [0.15, 0.2) is 18.5 Å². The molecule has 2 heterocycles. The Balaban J connectivity index is 0.00000103. The van der Waals surface area contributed by atoms with Gasteiger partial charge in [0.1, 0.15) is 0 Å². The highest BCUT2D eigenvalue weighted by Gasteiger charge is 2.20. The summed E-state index contributed by atoms with van der Waals surface area (Å²) in [6.45, 7) is 10.9. The third-order valence-corrected chi connectivity index (χ3v) is 3.16. The van der Waals surface area contributed by atoms with Gasteiger partial charge in [0, 0.05) is 39.0 Å². The summed E-state index contributed by atoms with van der Waals surface area (Å²) in [5.41, 5.74) is 0. The molecule has 0 saturated carbocycles. The van der Waals surface area contributed by atoms with Gasteiger partial charge < -0.3 is 10.2 Å². The summed E-state index contributed by atoms with van der Waals surface area (Å²) >= 11 is 0. The third kappa shape index (κ3) is 4.61. The Morgan fingerprint density at radius 1 is 1.22 bits per heavy atom. The molecule has 0 unspecified atom stereocenters. The monoisotopic (exact) mass is 252 g/mol. The first-order valence-electron chi connectivity index (χ1n) is 7.03. The van der Waals surface area contributed by atoms with Crippen molar-refractivity contribution in [1.29, 1.82) is 0 Å². The van der Waals surface area contributed by atoms with Crippen molar-refractivity contribution >= 4 is 5.95 Å². The second-order valence-corrected chi connectivity index (χ2v) is 4.62. The summed E-state index contributed by atoms with van der Waals surface area (Å²) in [4.78, 5) is 10.9. The topological polar surface area (TPSA) is 41.0 Å². The molecule has 0 aliphatic carbocycles. The zero-order chi connectivity index (χ0) is 13.4. The van der Waals surface area contributed by atoms with Gasteiger partial charge in [0.05, 0.1) is 0 Å². The molecule has 0 bridgehead atoms. The lowest BCUT2D eigenvalue weighted by Crippen LogP contribution is -2.42. The number of anilines is 1. The molecule has 104 valence electrons. The van der Waals surface area contributed by atoms with Crippen LogP contribution in [0.5, 0.6) is 0 Å². The molecule has 1 saturated heterocycles. The van der Waals surface area contributed by atoms with Crippen molar-refractivity contribution < 1.29 is 1.43 Å². The largest absolute Gasteiger partial charge is 0.351 e. The minimum Gasteiger partial charge on any atom is -0.351 e. The third-order valence-electron chi connectivity index (χ3n) is 3.16. The van der Waals surface area contributed by atoms with E-state index in [0.717, 1.165) is 5.95 Å². The van der Waals surface area contributed by atoms with E-state index in [1.165, 1.54) is 25.9 Å². The van der Waals surface area contributed by atoms with Crippen LogP contribution in [0, 0.1) is 0 Å². The molecule has 4 nitrogen and oxygen atoms in total. The number of rotatable bonds is 3. The molecule has 0 amide bonds. The summed E-state index contributed by atoms with van der Waals surface area (Å²) in [5, 5.41) is 3.39. The highest BCUT2D eigenvalue weighted by Crippen LogP contribution is 2.15. The molecule has 1 N–H and O–H groups in total. The molecule has 1 aliphatic rings. The molecule has 2 rings (SSSR count). The second-order valence-electron chi connectivity index (χ2n) is 4.62. The van der Waals surface area contributed by atoms with Gasteiger partial charge in [-0.15, -0.1) is 0 Å². The first kappa shape index (κ1) is 14.9. The maximum absolute atomic E-state index is 4.19. The van der Waals surface area contributed by atoms with Crippen LogP contribution in [0.4, 0.5) is 5.95 Å². The normalized spacial score (nSPS) is 17.2. The second kappa shape index (κ2) is 8.03. The lowest BCUT2D eigenvalue weighted by atomic mass is 10.0. The Kier molecular flexibility index (Phi) is 6.65. The molecule has 0 spiro atoms. The minimum absolute atomic E-state index is 0. The fourth-order valence-corrected chi connectivity index (χ4v) is 2.12. The van der Waals surface area contributed by atoms with E-state index in [2.05, 4.69) is 34.0 Å². The molecule has 1 aromatic heterocycles. The molecule has 1 aliphatic heterocycles. The molecule has 1 aromatic rings. The highest BCUT2D eigenvalue weighted by molar-refractivity contribution is 5.24. The van der Waals surface area contributed by atoms with Crippen molar-refractivity contribution in [2.75, 3.05) is 18.4 Å². The van der Waals surface area contributed by atoms with Crippen molar-refractivity contribution in [3.63, 3.8) is 0 Å². The van der Waals surface area contributed by atoms with E-state index in [9.17, 15) is 0 Å². The van der Waals surface area contributed by atoms with Gasteiger partial charge in [0.2, 0.25) is 5.95 Å². The number of hydrogen-bond acceptors (Lipinski definition) is 4. The Morgan fingerprint density at radius 2 is 1.78 bits per heavy atom. The van der Waals surface area contributed by atoms with E-state index >= 15 is 0 Å². The van der Waals surface area contributed by atoms with Gasteiger partial charge >= 0.3 is 0 Å². The maximum Gasteiger partial charge on any atom is 0.222 e. The van der Waals surface area contributed by atoms with Gasteiger partial charge in [-0.2, -0.15) is 0 Å². The molecular formula is C14H28N4. The Labute approximate surface area is 112 Å². The molecule has 0 atom stereocenters. The zero-order valence-corrected chi connectivity index (χ0v) is 12.1. The van der Waals surface area contributed by atoms with Crippen LogP contribution in [0.25, 0.3) is 0 Å². The van der Waals surface area contributed by atoms with Crippen molar-refractivity contribution in [2.24, 2.45) is 0 Å². The molecule has 4 heteroatoms. The minimum atomic E-state index is 0.